The quantitative estimate of drug-likeness (QED) is 0.902. The van der Waals surface area contributed by atoms with Crippen LogP contribution in [0.15, 0.2) is 24.3 Å². The van der Waals surface area contributed by atoms with Crippen molar-refractivity contribution in [2.45, 2.75) is 38.3 Å². The van der Waals surface area contributed by atoms with Gasteiger partial charge in [0.2, 0.25) is 0 Å². The average Bonchev–Trinajstić information content (AvgIpc) is 2.39. The molecule has 1 aromatic rings. The van der Waals surface area contributed by atoms with Gasteiger partial charge in [0.25, 0.3) is 0 Å². The molecule has 0 bridgehead atoms. The molecule has 19 heavy (non-hydrogen) atoms. The van der Waals surface area contributed by atoms with E-state index in [0.717, 1.165) is 18.8 Å². The van der Waals surface area contributed by atoms with Gasteiger partial charge in [0.1, 0.15) is 5.75 Å². The van der Waals surface area contributed by atoms with Gasteiger partial charge in [-0.3, -0.25) is 0 Å². The van der Waals surface area contributed by atoms with E-state index in [0.29, 0.717) is 12.0 Å². The summed E-state index contributed by atoms with van der Waals surface area (Å²) in [5, 5.41) is 3.51. The van der Waals surface area contributed by atoms with Gasteiger partial charge in [-0.15, -0.1) is 0 Å². The largest absolute Gasteiger partial charge is 0.491 e. The van der Waals surface area contributed by atoms with E-state index in [1.807, 2.05) is 0 Å². The molecule has 2 atom stereocenters. The molecule has 1 fully saturated rings. The Morgan fingerprint density at radius 3 is 2.47 bits per heavy atom. The number of hydrogen-bond acceptors (Lipinski definition) is 3. The Morgan fingerprint density at radius 1 is 1.21 bits per heavy atom. The standard InChI is InChI=1S/C16H26N2O/c1-12(2)19-14-7-5-13(6-8-14)15-11-17-10-9-16(15)18(3)4/h5-8,12,15-17H,9-11H2,1-4H3. The monoisotopic (exact) mass is 262 g/mol. The molecular formula is C16H26N2O. The third-order valence-corrected chi connectivity index (χ3v) is 3.79. The van der Waals surface area contributed by atoms with Crippen molar-refractivity contribution in [1.29, 1.82) is 0 Å². The summed E-state index contributed by atoms with van der Waals surface area (Å²) < 4.78 is 5.70. The second kappa shape index (κ2) is 6.40. The van der Waals surface area contributed by atoms with E-state index in [2.05, 4.69) is 62.4 Å². The average molecular weight is 262 g/mol. The Bertz CT molecular complexity index is 386. The highest BCUT2D eigenvalue weighted by Gasteiger charge is 2.27. The van der Waals surface area contributed by atoms with Crippen LogP contribution in [0.1, 0.15) is 31.7 Å². The zero-order valence-corrected chi connectivity index (χ0v) is 12.5. The molecule has 1 N–H and O–H groups in total. The first-order valence-electron chi connectivity index (χ1n) is 7.21. The van der Waals surface area contributed by atoms with E-state index in [1.54, 1.807) is 0 Å². The summed E-state index contributed by atoms with van der Waals surface area (Å²) in [6.45, 7) is 6.29. The number of rotatable bonds is 4. The van der Waals surface area contributed by atoms with Crippen LogP contribution in [0, 0.1) is 0 Å². The molecule has 1 saturated heterocycles. The molecule has 0 radical (unpaired) electrons. The van der Waals surface area contributed by atoms with Crippen LogP contribution in [0.4, 0.5) is 0 Å². The molecule has 1 aliphatic heterocycles. The maximum atomic E-state index is 5.70. The van der Waals surface area contributed by atoms with Gasteiger partial charge >= 0.3 is 0 Å². The van der Waals surface area contributed by atoms with E-state index in [-0.39, 0.29) is 6.10 Å². The van der Waals surface area contributed by atoms with Crippen LogP contribution in [-0.2, 0) is 0 Å². The molecule has 0 saturated carbocycles. The molecule has 2 unspecified atom stereocenters. The number of piperidine rings is 1. The molecule has 0 amide bonds. The van der Waals surface area contributed by atoms with Crippen molar-refractivity contribution >= 4 is 0 Å². The molecule has 106 valence electrons. The van der Waals surface area contributed by atoms with Gasteiger partial charge in [-0.05, 0) is 58.6 Å². The predicted octanol–water partition coefficient (Wildman–Crippen LogP) is 2.48. The molecule has 0 aliphatic carbocycles. The summed E-state index contributed by atoms with van der Waals surface area (Å²) in [5.74, 6) is 1.53. The second-order valence-electron chi connectivity index (χ2n) is 5.87. The van der Waals surface area contributed by atoms with Gasteiger partial charge in [-0.1, -0.05) is 12.1 Å². The molecule has 3 heteroatoms. The lowest BCUT2D eigenvalue weighted by molar-refractivity contribution is 0.209. The summed E-state index contributed by atoms with van der Waals surface area (Å²) in [5.41, 5.74) is 1.40. The van der Waals surface area contributed by atoms with Crippen LogP contribution in [0.5, 0.6) is 5.75 Å². The van der Waals surface area contributed by atoms with E-state index in [9.17, 15) is 0 Å². The molecule has 1 aromatic carbocycles. The van der Waals surface area contributed by atoms with Gasteiger partial charge in [0, 0.05) is 18.5 Å². The fourth-order valence-electron chi connectivity index (χ4n) is 2.87. The van der Waals surface area contributed by atoms with Crippen molar-refractivity contribution in [2.24, 2.45) is 0 Å². The molecule has 3 nitrogen and oxygen atoms in total. The van der Waals surface area contributed by atoms with E-state index >= 15 is 0 Å². The third-order valence-electron chi connectivity index (χ3n) is 3.79. The molecule has 0 spiro atoms. The summed E-state index contributed by atoms with van der Waals surface area (Å²) >= 11 is 0. The van der Waals surface area contributed by atoms with Gasteiger partial charge in [0.15, 0.2) is 0 Å². The first-order chi connectivity index (χ1) is 9.08. The van der Waals surface area contributed by atoms with Crippen LogP contribution in [0.25, 0.3) is 0 Å². The minimum atomic E-state index is 0.233. The van der Waals surface area contributed by atoms with Crippen LogP contribution in [0.2, 0.25) is 0 Å². The van der Waals surface area contributed by atoms with E-state index in [4.69, 9.17) is 4.74 Å². The van der Waals surface area contributed by atoms with Gasteiger partial charge in [-0.25, -0.2) is 0 Å². The van der Waals surface area contributed by atoms with Gasteiger partial charge in [-0.2, -0.15) is 0 Å². The van der Waals surface area contributed by atoms with Crippen molar-refractivity contribution in [1.82, 2.24) is 10.2 Å². The zero-order chi connectivity index (χ0) is 13.8. The third kappa shape index (κ3) is 3.71. The van der Waals surface area contributed by atoms with Gasteiger partial charge < -0.3 is 15.0 Å². The number of likely N-dealkylation sites (N-methyl/N-ethyl adjacent to an activating group) is 1. The van der Waals surface area contributed by atoms with Crippen LogP contribution < -0.4 is 10.1 Å². The summed E-state index contributed by atoms with van der Waals surface area (Å²) in [6.07, 6.45) is 1.44. The normalized spacial score (nSPS) is 23.9. The number of hydrogen-bond donors (Lipinski definition) is 1. The molecule has 1 aliphatic rings. The summed E-state index contributed by atoms with van der Waals surface area (Å²) in [7, 11) is 4.36. The Morgan fingerprint density at radius 2 is 1.89 bits per heavy atom. The summed E-state index contributed by atoms with van der Waals surface area (Å²) in [4.78, 5) is 2.35. The van der Waals surface area contributed by atoms with Gasteiger partial charge in [0.05, 0.1) is 6.10 Å². The fraction of sp³-hybridized carbons (Fsp3) is 0.625. The maximum absolute atomic E-state index is 5.70. The first-order valence-corrected chi connectivity index (χ1v) is 7.21. The minimum absolute atomic E-state index is 0.233. The summed E-state index contributed by atoms with van der Waals surface area (Å²) in [6, 6.07) is 9.24. The van der Waals surface area contributed by atoms with Crippen molar-refractivity contribution < 1.29 is 4.74 Å². The first kappa shape index (κ1) is 14.4. The van der Waals surface area contributed by atoms with Crippen LogP contribution in [0.3, 0.4) is 0 Å². The number of nitrogens with zero attached hydrogens (tertiary/aromatic N) is 1. The molecule has 0 aromatic heterocycles. The topological polar surface area (TPSA) is 24.5 Å². The van der Waals surface area contributed by atoms with Crippen molar-refractivity contribution in [3.8, 4) is 5.75 Å². The lowest BCUT2D eigenvalue weighted by Gasteiger charge is -2.37. The number of benzene rings is 1. The van der Waals surface area contributed by atoms with Crippen LogP contribution >= 0.6 is 0 Å². The SMILES string of the molecule is CC(C)Oc1ccc(C2CNCCC2N(C)C)cc1. The van der Waals surface area contributed by atoms with E-state index in [1.165, 1.54) is 12.0 Å². The highest BCUT2D eigenvalue weighted by molar-refractivity contribution is 5.31. The van der Waals surface area contributed by atoms with Crippen molar-refractivity contribution in [3.63, 3.8) is 0 Å². The molecule has 2 rings (SSSR count). The minimum Gasteiger partial charge on any atom is -0.491 e. The Kier molecular flexibility index (Phi) is 4.83. The lowest BCUT2D eigenvalue weighted by atomic mass is 9.86. The molecule has 1 heterocycles. The second-order valence-corrected chi connectivity index (χ2v) is 5.87. The highest BCUT2D eigenvalue weighted by Crippen LogP contribution is 2.28. The highest BCUT2D eigenvalue weighted by atomic mass is 16.5. The van der Waals surface area contributed by atoms with Crippen molar-refractivity contribution in [3.05, 3.63) is 29.8 Å². The number of ether oxygens (including phenoxy) is 1. The van der Waals surface area contributed by atoms with Crippen molar-refractivity contribution in [2.75, 3.05) is 27.2 Å². The Labute approximate surface area is 116 Å². The smallest absolute Gasteiger partial charge is 0.119 e. The maximum Gasteiger partial charge on any atom is 0.119 e. The predicted molar refractivity (Wildman–Crippen MR) is 79.9 cm³/mol. The van der Waals surface area contributed by atoms with Crippen LogP contribution in [-0.4, -0.2) is 44.2 Å². The number of nitrogens with one attached hydrogen (secondary N) is 1. The lowest BCUT2D eigenvalue weighted by Crippen LogP contribution is -2.45. The Hall–Kier alpha value is -1.06. The fourth-order valence-corrected chi connectivity index (χ4v) is 2.87. The van der Waals surface area contributed by atoms with E-state index < -0.39 is 0 Å². The molecular weight excluding hydrogens is 236 g/mol. The Balaban J connectivity index is 2.11. The zero-order valence-electron chi connectivity index (χ0n) is 12.5.